The Labute approximate surface area is 182 Å². The fourth-order valence-corrected chi connectivity index (χ4v) is 7.07. The highest BCUT2D eigenvalue weighted by Gasteiger charge is 2.37. The van der Waals surface area contributed by atoms with Crippen LogP contribution < -0.4 is 0 Å². The van der Waals surface area contributed by atoms with Gasteiger partial charge in [0.05, 0.1) is 11.4 Å². The lowest BCUT2D eigenvalue weighted by Crippen LogP contribution is -2.53. The van der Waals surface area contributed by atoms with E-state index in [2.05, 4.69) is 11.8 Å². The van der Waals surface area contributed by atoms with E-state index in [0.717, 1.165) is 68.4 Å². The highest BCUT2D eigenvalue weighted by Crippen LogP contribution is 2.31. The molecule has 0 bridgehead atoms. The number of carbonyl (C=O) groups excluding carboxylic acids is 1. The zero-order valence-corrected chi connectivity index (χ0v) is 19.8. The third-order valence-electron chi connectivity index (χ3n) is 6.62. The number of nitrogens with zero attached hydrogens (tertiary/aromatic N) is 3. The van der Waals surface area contributed by atoms with Crippen molar-refractivity contribution in [3.05, 3.63) is 28.8 Å². The van der Waals surface area contributed by atoms with Gasteiger partial charge in [0.15, 0.2) is 0 Å². The molecule has 0 spiro atoms. The van der Waals surface area contributed by atoms with Gasteiger partial charge < -0.3 is 9.80 Å². The Kier molecular flexibility index (Phi) is 7.58. The Morgan fingerprint density at radius 3 is 2.10 bits per heavy atom. The molecular formula is C23H37N3O3S. The van der Waals surface area contributed by atoms with Crippen LogP contribution in [0.4, 0.5) is 0 Å². The predicted molar refractivity (Wildman–Crippen MR) is 120 cm³/mol. The van der Waals surface area contributed by atoms with Crippen molar-refractivity contribution in [2.45, 2.75) is 70.7 Å². The molecular weight excluding hydrogens is 398 g/mol. The number of hydrogen-bond donors (Lipinski definition) is 0. The Hall–Kier alpha value is -1.44. The molecule has 1 saturated heterocycles. The van der Waals surface area contributed by atoms with Gasteiger partial charge in [0.25, 0.3) is 0 Å². The molecule has 0 unspecified atom stereocenters. The van der Waals surface area contributed by atoms with Crippen molar-refractivity contribution in [3.8, 4) is 0 Å². The number of sulfonamides is 1. The first kappa shape index (κ1) is 23.2. The summed E-state index contributed by atoms with van der Waals surface area (Å²) in [5.41, 5.74) is 2.58. The van der Waals surface area contributed by atoms with Crippen LogP contribution in [0.3, 0.4) is 0 Å². The van der Waals surface area contributed by atoms with E-state index < -0.39 is 10.0 Å². The van der Waals surface area contributed by atoms with Gasteiger partial charge in [0.1, 0.15) is 0 Å². The van der Waals surface area contributed by atoms with Crippen LogP contribution in [0, 0.1) is 20.8 Å². The standard InChI is InChI=1S/C23H37N3O3S/c1-5-24-11-13-25(14-12-24)22(27)17-26(21-9-7-6-8-10-21)30(28,29)23-19(3)15-18(2)16-20(23)4/h15-16,21H,5-14,17H2,1-4H3. The van der Waals surface area contributed by atoms with Crippen LogP contribution in [-0.4, -0.2) is 73.7 Å². The van der Waals surface area contributed by atoms with Crippen molar-refractivity contribution >= 4 is 15.9 Å². The average Bonchev–Trinajstić information content (AvgIpc) is 2.71. The Bertz CT molecular complexity index is 831. The van der Waals surface area contributed by atoms with Gasteiger partial charge in [-0.25, -0.2) is 8.42 Å². The highest BCUT2D eigenvalue weighted by atomic mass is 32.2. The van der Waals surface area contributed by atoms with Gasteiger partial charge in [0, 0.05) is 32.2 Å². The summed E-state index contributed by atoms with van der Waals surface area (Å²) in [6.07, 6.45) is 4.85. The van der Waals surface area contributed by atoms with E-state index in [9.17, 15) is 13.2 Å². The minimum Gasteiger partial charge on any atom is -0.339 e. The topological polar surface area (TPSA) is 60.9 Å². The molecule has 1 aromatic carbocycles. The molecule has 6 nitrogen and oxygen atoms in total. The second-order valence-corrected chi connectivity index (χ2v) is 10.7. The molecule has 1 saturated carbocycles. The van der Waals surface area contributed by atoms with E-state index >= 15 is 0 Å². The van der Waals surface area contributed by atoms with Gasteiger partial charge in [-0.1, -0.05) is 43.9 Å². The summed E-state index contributed by atoms with van der Waals surface area (Å²) < 4.78 is 29.2. The maximum absolute atomic E-state index is 13.8. The number of aryl methyl sites for hydroxylation is 3. The Morgan fingerprint density at radius 2 is 1.57 bits per heavy atom. The van der Waals surface area contributed by atoms with Crippen LogP contribution in [-0.2, 0) is 14.8 Å². The minimum atomic E-state index is -3.75. The summed E-state index contributed by atoms with van der Waals surface area (Å²) in [6.45, 7) is 11.8. The van der Waals surface area contributed by atoms with Gasteiger partial charge in [0.2, 0.25) is 15.9 Å². The van der Waals surface area contributed by atoms with Crippen molar-refractivity contribution in [2.75, 3.05) is 39.3 Å². The van der Waals surface area contributed by atoms with E-state index in [0.29, 0.717) is 18.0 Å². The SMILES string of the molecule is CCN1CCN(C(=O)CN(C2CCCCC2)S(=O)(=O)c2c(C)cc(C)cc2C)CC1. The third kappa shape index (κ3) is 5.06. The van der Waals surface area contributed by atoms with Crippen molar-refractivity contribution in [1.29, 1.82) is 0 Å². The van der Waals surface area contributed by atoms with Crippen LogP contribution in [0.25, 0.3) is 0 Å². The van der Waals surface area contributed by atoms with E-state index in [1.54, 1.807) is 0 Å². The maximum atomic E-state index is 13.8. The molecule has 7 heteroatoms. The molecule has 0 atom stereocenters. The monoisotopic (exact) mass is 435 g/mol. The Morgan fingerprint density at radius 1 is 1.00 bits per heavy atom. The summed E-state index contributed by atoms with van der Waals surface area (Å²) in [7, 11) is -3.75. The smallest absolute Gasteiger partial charge is 0.244 e. The van der Waals surface area contributed by atoms with Gasteiger partial charge in [-0.2, -0.15) is 4.31 Å². The fraction of sp³-hybridized carbons (Fsp3) is 0.696. The molecule has 1 amide bonds. The predicted octanol–water partition coefficient (Wildman–Crippen LogP) is 3.10. The maximum Gasteiger partial charge on any atom is 0.244 e. The zero-order valence-electron chi connectivity index (χ0n) is 19.0. The number of amides is 1. The number of carbonyl (C=O) groups is 1. The van der Waals surface area contributed by atoms with Crippen molar-refractivity contribution in [1.82, 2.24) is 14.1 Å². The largest absolute Gasteiger partial charge is 0.339 e. The van der Waals surface area contributed by atoms with Gasteiger partial charge >= 0.3 is 0 Å². The highest BCUT2D eigenvalue weighted by molar-refractivity contribution is 7.89. The van der Waals surface area contributed by atoms with Gasteiger partial charge in [-0.15, -0.1) is 0 Å². The minimum absolute atomic E-state index is 0.0497. The number of likely N-dealkylation sites (N-methyl/N-ethyl adjacent to an activating group) is 1. The lowest BCUT2D eigenvalue weighted by Gasteiger charge is -2.37. The Balaban J connectivity index is 1.88. The van der Waals surface area contributed by atoms with Crippen LogP contribution in [0.1, 0.15) is 55.7 Å². The first-order valence-electron chi connectivity index (χ1n) is 11.3. The first-order chi connectivity index (χ1) is 14.2. The van der Waals surface area contributed by atoms with Crippen molar-refractivity contribution in [3.63, 3.8) is 0 Å². The quantitative estimate of drug-likeness (QED) is 0.689. The fourth-order valence-electron chi connectivity index (χ4n) is 5.02. The average molecular weight is 436 g/mol. The second-order valence-electron chi connectivity index (χ2n) is 8.88. The summed E-state index contributed by atoms with van der Waals surface area (Å²) in [5.74, 6) is -0.0673. The van der Waals surface area contributed by atoms with E-state index in [-0.39, 0.29) is 18.5 Å². The molecule has 168 valence electrons. The second kappa shape index (κ2) is 9.79. The molecule has 1 aliphatic heterocycles. The summed E-state index contributed by atoms with van der Waals surface area (Å²) in [6, 6.07) is 3.75. The van der Waals surface area contributed by atoms with Crippen LogP contribution >= 0.6 is 0 Å². The molecule has 1 heterocycles. The molecule has 3 rings (SSSR count). The van der Waals surface area contributed by atoms with E-state index in [1.807, 2.05) is 37.8 Å². The van der Waals surface area contributed by atoms with Gasteiger partial charge in [-0.05, 0) is 51.3 Å². The van der Waals surface area contributed by atoms with Gasteiger partial charge in [-0.3, -0.25) is 4.79 Å². The summed E-state index contributed by atoms with van der Waals surface area (Å²) >= 11 is 0. The zero-order chi connectivity index (χ0) is 21.9. The normalized spacial score (nSPS) is 19.4. The lowest BCUT2D eigenvalue weighted by atomic mass is 9.95. The number of piperazine rings is 1. The molecule has 1 aromatic rings. The van der Waals surface area contributed by atoms with Crippen LogP contribution in [0.5, 0.6) is 0 Å². The third-order valence-corrected chi connectivity index (χ3v) is 8.82. The molecule has 1 aliphatic carbocycles. The van der Waals surface area contributed by atoms with E-state index in [4.69, 9.17) is 0 Å². The first-order valence-corrected chi connectivity index (χ1v) is 12.8. The molecule has 2 aliphatic rings. The lowest BCUT2D eigenvalue weighted by molar-refractivity contribution is -0.133. The van der Waals surface area contributed by atoms with Crippen LogP contribution in [0.15, 0.2) is 17.0 Å². The number of rotatable bonds is 6. The molecule has 30 heavy (non-hydrogen) atoms. The summed E-state index contributed by atoms with van der Waals surface area (Å²) in [4.78, 5) is 17.7. The van der Waals surface area contributed by atoms with Crippen molar-refractivity contribution < 1.29 is 13.2 Å². The van der Waals surface area contributed by atoms with Crippen LogP contribution in [0.2, 0.25) is 0 Å². The molecule has 0 N–H and O–H groups in total. The van der Waals surface area contributed by atoms with E-state index in [1.165, 1.54) is 4.31 Å². The number of benzene rings is 1. The molecule has 2 fully saturated rings. The van der Waals surface area contributed by atoms with Crippen molar-refractivity contribution in [2.24, 2.45) is 0 Å². The summed E-state index contributed by atoms with van der Waals surface area (Å²) in [5, 5.41) is 0. The molecule has 0 radical (unpaired) electrons. The number of hydrogen-bond acceptors (Lipinski definition) is 4. The molecule has 0 aromatic heterocycles.